The van der Waals surface area contributed by atoms with Crippen LogP contribution in [0.4, 0.5) is 0 Å². The third-order valence-electron chi connectivity index (χ3n) is 3.94. The highest BCUT2D eigenvalue weighted by Crippen LogP contribution is 2.34. The van der Waals surface area contributed by atoms with Gasteiger partial charge < -0.3 is 9.88 Å². The standard InChI is InChI=1S/C16H20N4OS/c1-20-11-17-19-16(20)22-14(12-7-3-2-4-8-12)15(21)18-13-9-5-6-10-13/h2-4,7-8,11,13-14H,5-6,9-10H2,1H3,(H,18,21). The quantitative estimate of drug-likeness (QED) is 0.862. The SMILES string of the molecule is Cn1cnnc1SC(C(=O)NC1CCCC1)c1ccccc1. The van der Waals surface area contributed by atoms with E-state index in [1.165, 1.54) is 24.6 Å². The average molecular weight is 316 g/mol. The molecule has 1 N–H and O–H groups in total. The first kappa shape index (κ1) is 15.1. The number of benzene rings is 1. The van der Waals surface area contributed by atoms with Gasteiger partial charge in [-0.25, -0.2) is 0 Å². The minimum atomic E-state index is -0.301. The number of nitrogens with one attached hydrogen (secondary N) is 1. The number of aromatic nitrogens is 3. The summed E-state index contributed by atoms with van der Waals surface area (Å²) in [5, 5.41) is 11.6. The Morgan fingerprint density at radius 1 is 1.32 bits per heavy atom. The maximum absolute atomic E-state index is 12.7. The highest BCUT2D eigenvalue weighted by atomic mass is 32.2. The molecule has 2 aromatic rings. The van der Waals surface area contributed by atoms with Crippen molar-refractivity contribution >= 4 is 17.7 Å². The first-order valence-electron chi connectivity index (χ1n) is 7.60. The first-order chi connectivity index (χ1) is 10.7. The van der Waals surface area contributed by atoms with Crippen LogP contribution in [0.2, 0.25) is 0 Å². The van der Waals surface area contributed by atoms with Crippen molar-refractivity contribution in [2.75, 3.05) is 0 Å². The number of carbonyl (C=O) groups excluding carboxylic acids is 1. The molecule has 1 aliphatic rings. The second-order valence-corrected chi connectivity index (χ2v) is 6.70. The molecule has 1 saturated carbocycles. The highest BCUT2D eigenvalue weighted by molar-refractivity contribution is 8.00. The van der Waals surface area contributed by atoms with E-state index in [9.17, 15) is 4.79 Å². The summed E-state index contributed by atoms with van der Waals surface area (Å²) in [6.45, 7) is 0. The zero-order chi connectivity index (χ0) is 15.4. The zero-order valence-corrected chi connectivity index (χ0v) is 13.4. The summed E-state index contributed by atoms with van der Waals surface area (Å²) >= 11 is 1.44. The maximum Gasteiger partial charge on any atom is 0.238 e. The number of nitrogens with zero attached hydrogens (tertiary/aromatic N) is 3. The summed E-state index contributed by atoms with van der Waals surface area (Å²) in [5.74, 6) is 0.0612. The van der Waals surface area contributed by atoms with E-state index in [0.717, 1.165) is 23.6 Å². The van der Waals surface area contributed by atoms with Crippen molar-refractivity contribution in [2.45, 2.75) is 42.1 Å². The third-order valence-corrected chi connectivity index (χ3v) is 5.24. The fourth-order valence-electron chi connectivity index (χ4n) is 2.73. The number of thioether (sulfide) groups is 1. The van der Waals surface area contributed by atoms with Gasteiger partial charge in [-0.2, -0.15) is 0 Å². The van der Waals surface area contributed by atoms with E-state index in [0.29, 0.717) is 6.04 Å². The molecule has 0 aliphatic heterocycles. The Morgan fingerprint density at radius 2 is 2.05 bits per heavy atom. The molecule has 3 rings (SSSR count). The third kappa shape index (κ3) is 3.50. The Hall–Kier alpha value is -1.82. The van der Waals surface area contributed by atoms with Crippen LogP contribution < -0.4 is 5.32 Å². The Kier molecular flexibility index (Phi) is 4.77. The van der Waals surface area contributed by atoms with Gasteiger partial charge in [-0.05, 0) is 18.4 Å². The predicted octanol–water partition coefficient (Wildman–Crippen LogP) is 2.71. The van der Waals surface area contributed by atoms with Crippen LogP contribution in [-0.2, 0) is 11.8 Å². The lowest BCUT2D eigenvalue weighted by atomic mass is 10.1. The van der Waals surface area contributed by atoms with E-state index in [1.54, 1.807) is 6.33 Å². The molecule has 0 saturated heterocycles. The van der Waals surface area contributed by atoms with Crippen LogP contribution in [0.3, 0.4) is 0 Å². The average Bonchev–Trinajstić information content (AvgIpc) is 3.17. The molecule has 6 heteroatoms. The van der Waals surface area contributed by atoms with Gasteiger partial charge in [0, 0.05) is 13.1 Å². The summed E-state index contributed by atoms with van der Waals surface area (Å²) in [5.41, 5.74) is 0.992. The Morgan fingerprint density at radius 3 is 2.68 bits per heavy atom. The van der Waals surface area contributed by atoms with Gasteiger partial charge in [-0.3, -0.25) is 4.79 Å². The Bertz CT molecular complexity index is 622. The monoisotopic (exact) mass is 316 g/mol. The van der Waals surface area contributed by atoms with Crippen LogP contribution in [0.1, 0.15) is 36.5 Å². The van der Waals surface area contributed by atoms with Crippen LogP contribution in [0.15, 0.2) is 41.8 Å². The van der Waals surface area contributed by atoms with Crippen LogP contribution in [0, 0.1) is 0 Å². The number of rotatable bonds is 5. The lowest BCUT2D eigenvalue weighted by molar-refractivity contribution is -0.121. The van der Waals surface area contributed by atoms with E-state index in [2.05, 4.69) is 15.5 Å². The summed E-state index contributed by atoms with van der Waals surface area (Å²) in [4.78, 5) is 12.7. The predicted molar refractivity (Wildman–Crippen MR) is 86.4 cm³/mol. The van der Waals surface area contributed by atoms with Gasteiger partial charge in [0.25, 0.3) is 0 Å². The molecule has 1 fully saturated rings. The second kappa shape index (κ2) is 6.96. The molecule has 22 heavy (non-hydrogen) atoms. The second-order valence-electron chi connectivity index (χ2n) is 5.62. The van der Waals surface area contributed by atoms with E-state index in [1.807, 2.05) is 41.9 Å². The molecule has 1 aromatic heterocycles. The van der Waals surface area contributed by atoms with Crippen LogP contribution in [0.25, 0.3) is 0 Å². The van der Waals surface area contributed by atoms with E-state index >= 15 is 0 Å². The van der Waals surface area contributed by atoms with Gasteiger partial charge in [-0.15, -0.1) is 10.2 Å². The zero-order valence-electron chi connectivity index (χ0n) is 12.6. The van der Waals surface area contributed by atoms with Crippen molar-refractivity contribution in [1.82, 2.24) is 20.1 Å². The molecule has 5 nitrogen and oxygen atoms in total. The van der Waals surface area contributed by atoms with Crippen LogP contribution in [-0.4, -0.2) is 26.7 Å². The summed E-state index contributed by atoms with van der Waals surface area (Å²) in [7, 11) is 1.89. The normalized spacial score (nSPS) is 16.6. The molecular formula is C16H20N4OS. The number of aryl methyl sites for hydroxylation is 1. The largest absolute Gasteiger partial charge is 0.352 e. The lowest BCUT2D eigenvalue weighted by Gasteiger charge is -2.19. The molecule has 1 heterocycles. The minimum Gasteiger partial charge on any atom is -0.352 e. The van der Waals surface area contributed by atoms with Crippen molar-refractivity contribution in [2.24, 2.45) is 7.05 Å². The summed E-state index contributed by atoms with van der Waals surface area (Å²) in [6, 6.07) is 10.2. The van der Waals surface area contributed by atoms with Crippen molar-refractivity contribution in [3.05, 3.63) is 42.2 Å². The van der Waals surface area contributed by atoms with Crippen LogP contribution in [0.5, 0.6) is 0 Å². The van der Waals surface area contributed by atoms with Gasteiger partial charge in [0.2, 0.25) is 5.91 Å². The summed E-state index contributed by atoms with van der Waals surface area (Å²) in [6.07, 6.45) is 6.23. The van der Waals surface area contributed by atoms with Gasteiger partial charge >= 0.3 is 0 Å². The van der Waals surface area contributed by atoms with E-state index in [-0.39, 0.29) is 11.2 Å². The van der Waals surface area contributed by atoms with Gasteiger partial charge in [0.05, 0.1) is 0 Å². The maximum atomic E-state index is 12.7. The molecule has 1 amide bonds. The van der Waals surface area contributed by atoms with E-state index < -0.39 is 0 Å². The molecule has 0 radical (unpaired) electrons. The molecule has 116 valence electrons. The first-order valence-corrected chi connectivity index (χ1v) is 8.48. The molecule has 1 atom stereocenters. The topological polar surface area (TPSA) is 59.8 Å². The fourth-order valence-corrected chi connectivity index (χ4v) is 3.72. The number of hydrogen-bond acceptors (Lipinski definition) is 4. The number of carbonyl (C=O) groups is 1. The molecular weight excluding hydrogens is 296 g/mol. The van der Waals surface area contributed by atoms with Crippen molar-refractivity contribution in [3.63, 3.8) is 0 Å². The molecule has 1 unspecified atom stereocenters. The number of hydrogen-bond donors (Lipinski definition) is 1. The van der Waals surface area contributed by atoms with Crippen molar-refractivity contribution in [1.29, 1.82) is 0 Å². The fraction of sp³-hybridized carbons (Fsp3) is 0.438. The van der Waals surface area contributed by atoms with Crippen molar-refractivity contribution < 1.29 is 4.79 Å². The Labute approximate surface area is 134 Å². The molecule has 1 aliphatic carbocycles. The van der Waals surface area contributed by atoms with Gasteiger partial charge in [-0.1, -0.05) is 54.9 Å². The van der Waals surface area contributed by atoms with Crippen LogP contribution >= 0.6 is 11.8 Å². The molecule has 0 bridgehead atoms. The highest BCUT2D eigenvalue weighted by Gasteiger charge is 2.27. The lowest BCUT2D eigenvalue weighted by Crippen LogP contribution is -2.35. The van der Waals surface area contributed by atoms with Crippen molar-refractivity contribution in [3.8, 4) is 0 Å². The molecule has 0 spiro atoms. The minimum absolute atomic E-state index is 0.0612. The van der Waals surface area contributed by atoms with Gasteiger partial charge in [0.1, 0.15) is 11.6 Å². The van der Waals surface area contributed by atoms with Gasteiger partial charge in [0.15, 0.2) is 5.16 Å². The summed E-state index contributed by atoms with van der Waals surface area (Å²) < 4.78 is 1.84. The van der Waals surface area contributed by atoms with E-state index in [4.69, 9.17) is 0 Å². The smallest absolute Gasteiger partial charge is 0.238 e. The Balaban J connectivity index is 1.79. The number of amides is 1. The molecule has 1 aromatic carbocycles.